The van der Waals surface area contributed by atoms with Gasteiger partial charge in [0, 0.05) is 38.4 Å². The summed E-state index contributed by atoms with van der Waals surface area (Å²) in [6.07, 6.45) is 1.45. The molecule has 2 atom stereocenters. The Morgan fingerprint density at radius 2 is 1.83 bits per heavy atom. The van der Waals surface area contributed by atoms with Crippen LogP contribution in [0.25, 0.3) is 0 Å². The summed E-state index contributed by atoms with van der Waals surface area (Å²) in [5.74, 6) is -0.0898. The van der Waals surface area contributed by atoms with Crippen molar-refractivity contribution in [3.05, 3.63) is 30.1 Å². The van der Waals surface area contributed by atoms with Crippen LogP contribution in [-0.4, -0.2) is 72.2 Å². The smallest absolute Gasteiger partial charge is 0.239 e. The molecule has 2 aliphatic heterocycles. The summed E-state index contributed by atoms with van der Waals surface area (Å²) in [5.41, 5.74) is 0.996. The van der Waals surface area contributed by atoms with Crippen LogP contribution in [0, 0.1) is 5.82 Å². The molecule has 0 aromatic heterocycles. The van der Waals surface area contributed by atoms with Gasteiger partial charge < -0.3 is 14.9 Å². The van der Waals surface area contributed by atoms with Crippen molar-refractivity contribution >= 4 is 11.6 Å². The van der Waals surface area contributed by atoms with Crippen molar-refractivity contribution in [1.29, 1.82) is 0 Å². The number of nitrogens with zero attached hydrogens (tertiary/aromatic N) is 3. The maximum Gasteiger partial charge on any atom is 0.239 e. The van der Waals surface area contributed by atoms with E-state index in [0.717, 1.165) is 38.2 Å². The second-order valence-corrected chi connectivity index (χ2v) is 6.76. The Labute approximate surface area is 142 Å². The van der Waals surface area contributed by atoms with Crippen LogP contribution < -0.4 is 4.90 Å². The number of benzene rings is 1. The number of likely N-dealkylation sites (tertiary alicyclic amines) is 1. The molecule has 2 heterocycles. The molecule has 1 aromatic carbocycles. The molecule has 2 aliphatic rings. The Morgan fingerprint density at radius 1 is 1.17 bits per heavy atom. The zero-order valence-corrected chi connectivity index (χ0v) is 14.2. The van der Waals surface area contributed by atoms with Crippen LogP contribution in [0.1, 0.15) is 19.8 Å². The van der Waals surface area contributed by atoms with Crippen molar-refractivity contribution in [1.82, 2.24) is 9.80 Å². The van der Waals surface area contributed by atoms with Crippen molar-refractivity contribution in [2.45, 2.75) is 31.9 Å². The summed E-state index contributed by atoms with van der Waals surface area (Å²) < 4.78 is 13.0. The highest BCUT2D eigenvalue weighted by Gasteiger charge is 2.31. The minimum Gasteiger partial charge on any atom is -0.392 e. The molecule has 6 heteroatoms. The van der Waals surface area contributed by atoms with Gasteiger partial charge in [-0.1, -0.05) is 0 Å². The van der Waals surface area contributed by atoms with Crippen LogP contribution in [0.15, 0.2) is 24.3 Å². The van der Waals surface area contributed by atoms with Crippen molar-refractivity contribution in [2.75, 3.05) is 44.2 Å². The molecule has 2 saturated heterocycles. The van der Waals surface area contributed by atoms with Crippen molar-refractivity contribution in [2.24, 2.45) is 0 Å². The lowest BCUT2D eigenvalue weighted by Gasteiger charge is -2.40. The van der Waals surface area contributed by atoms with Gasteiger partial charge in [-0.3, -0.25) is 9.69 Å². The number of halogens is 1. The van der Waals surface area contributed by atoms with Gasteiger partial charge in [-0.05, 0) is 50.6 Å². The molecule has 0 bridgehead atoms. The van der Waals surface area contributed by atoms with Gasteiger partial charge in [0.2, 0.25) is 5.91 Å². The molecule has 2 fully saturated rings. The van der Waals surface area contributed by atoms with Crippen LogP contribution in [0.4, 0.5) is 10.1 Å². The summed E-state index contributed by atoms with van der Waals surface area (Å²) in [4.78, 5) is 18.9. The summed E-state index contributed by atoms with van der Waals surface area (Å²) in [5, 5.41) is 9.80. The fourth-order valence-electron chi connectivity index (χ4n) is 3.59. The maximum atomic E-state index is 13.0. The highest BCUT2D eigenvalue weighted by Crippen LogP contribution is 2.19. The molecule has 2 unspecified atom stereocenters. The molecule has 24 heavy (non-hydrogen) atoms. The van der Waals surface area contributed by atoms with Gasteiger partial charge in [-0.25, -0.2) is 4.39 Å². The van der Waals surface area contributed by atoms with Gasteiger partial charge in [0.05, 0.1) is 12.1 Å². The molecule has 1 aromatic rings. The fourth-order valence-corrected chi connectivity index (χ4v) is 3.59. The van der Waals surface area contributed by atoms with Crippen molar-refractivity contribution < 1.29 is 14.3 Å². The van der Waals surface area contributed by atoms with Crippen LogP contribution in [-0.2, 0) is 4.79 Å². The second kappa shape index (κ2) is 7.49. The van der Waals surface area contributed by atoms with Crippen molar-refractivity contribution in [3.63, 3.8) is 0 Å². The molecule has 3 rings (SSSR count). The Bertz CT molecular complexity index is 558. The van der Waals surface area contributed by atoms with Crippen molar-refractivity contribution in [3.8, 4) is 0 Å². The number of piperidine rings is 1. The second-order valence-electron chi connectivity index (χ2n) is 6.76. The van der Waals surface area contributed by atoms with Gasteiger partial charge in [-0.15, -0.1) is 0 Å². The predicted molar refractivity (Wildman–Crippen MR) is 91.5 cm³/mol. The Kier molecular flexibility index (Phi) is 5.36. The third-order valence-corrected chi connectivity index (χ3v) is 5.12. The monoisotopic (exact) mass is 335 g/mol. The van der Waals surface area contributed by atoms with Crippen LogP contribution in [0.3, 0.4) is 0 Å². The molecular weight excluding hydrogens is 309 g/mol. The number of aliphatic hydroxyl groups is 1. The third-order valence-electron chi connectivity index (χ3n) is 5.12. The van der Waals surface area contributed by atoms with E-state index in [1.807, 2.05) is 11.8 Å². The van der Waals surface area contributed by atoms with Crippen LogP contribution >= 0.6 is 0 Å². The third kappa shape index (κ3) is 3.87. The topological polar surface area (TPSA) is 47.0 Å². The standard InChI is InChI=1S/C18H26FN3O2/c1-14(22-8-2-3-17(23)13-22)18(24)21-11-9-20(10-12-21)16-6-4-15(19)5-7-16/h4-7,14,17,23H,2-3,8-13H2,1H3. The van der Waals surface area contributed by atoms with E-state index in [0.29, 0.717) is 19.6 Å². The molecule has 0 spiro atoms. The van der Waals surface area contributed by atoms with E-state index in [2.05, 4.69) is 9.80 Å². The number of aliphatic hydroxyl groups excluding tert-OH is 1. The van der Waals surface area contributed by atoms with Crippen LogP contribution in [0.5, 0.6) is 0 Å². The first kappa shape index (κ1) is 17.2. The lowest BCUT2D eigenvalue weighted by molar-refractivity contribution is -0.137. The number of hydrogen-bond donors (Lipinski definition) is 1. The van der Waals surface area contributed by atoms with Gasteiger partial charge in [0.1, 0.15) is 5.82 Å². The van der Waals surface area contributed by atoms with E-state index in [4.69, 9.17) is 0 Å². The first-order valence-corrected chi connectivity index (χ1v) is 8.76. The average Bonchev–Trinajstić information content (AvgIpc) is 2.61. The zero-order chi connectivity index (χ0) is 17.1. The van der Waals surface area contributed by atoms with Crippen LogP contribution in [0.2, 0.25) is 0 Å². The van der Waals surface area contributed by atoms with E-state index >= 15 is 0 Å². The number of rotatable bonds is 3. The van der Waals surface area contributed by atoms with E-state index in [1.54, 1.807) is 12.1 Å². The Morgan fingerprint density at radius 3 is 2.46 bits per heavy atom. The summed E-state index contributed by atoms with van der Waals surface area (Å²) >= 11 is 0. The normalized spacial score (nSPS) is 24.0. The molecule has 1 N–H and O–H groups in total. The quantitative estimate of drug-likeness (QED) is 0.905. The summed E-state index contributed by atoms with van der Waals surface area (Å²) in [6.45, 7) is 6.27. The van der Waals surface area contributed by atoms with Gasteiger partial charge in [-0.2, -0.15) is 0 Å². The lowest BCUT2D eigenvalue weighted by Crippen LogP contribution is -2.56. The highest BCUT2D eigenvalue weighted by molar-refractivity contribution is 5.81. The minimum absolute atomic E-state index is 0.142. The van der Waals surface area contributed by atoms with Gasteiger partial charge >= 0.3 is 0 Å². The largest absolute Gasteiger partial charge is 0.392 e. The average molecular weight is 335 g/mol. The number of β-amino-alcohol motifs (C(OH)–C–C–N with tert-alkyl or cyclic N) is 1. The number of piperazine rings is 1. The number of amides is 1. The van der Waals surface area contributed by atoms with Gasteiger partial charge in [0.25, 0.3) is 0 Å². The highest BCUT2D eigenvalue weighted by atomic mass is 19.1. The molecule has 132 valence electrons. The number of carbonyl (C=O) groups excluding carboxylic acids is 1. The van der Waals surface area contributed by atoms with E-state index in [9.17, 15) is 14.3 Å². The number of hydrogen-bond acceptors (Lipinski definition) is 4. The molecule has 0 saturated carbocycles. The fraction of sp³-hybridized carbons (Fsp3) is 0.611. The first-order valence-electron chi connectivity index (χ1n) is 8.76. The Hall–Kier alpha value is -1.66. The number of anilines is 1. The Balaban J connectivity index is 1.53. The maximum absolute atomic E-state index is 13.0. The molecule has 5 nitrogen and oxygen atoms in total. The van der Waals surface area contributed by atoms with E-state index < -0.39 is 0 Å². The summed E-state index contributed by atoms with van der Waals surface area (Å²) in [7, 11) is 0. The molecule has 0 aliphatic carbocycles. The van der Waals surface area contributed by atoms with E-state index in [-0.39, 0.29) is 23.9 Å². The number of carbonyl (C=O) groups is 1. The molecule has 0 radical (unpaired) electrons. The molecular formula is C18H26FN3O2. The SMILES string of the molecule is CC(C(=O)N1CCN(c2ccc(F)cc2)CC1)N1CCCC(O)C1. The van der Waals surface area contributed by atoms with E-state index in [1.165, 1.54) is 12.1 Å². The predicted octanol–water partition coefficient (Wildman–Crippen LogP) is 1.32. The van der Waals surface area contributed by atoms with Gasteiger partial charge in [0.15, 0.2) is 0 Å². The first-order chi connectivity index (χ1) is 11.5. The molecule has 1 amide bonds. The lowest BCUT2D eigenvalue weighted by atomic mass is 10.1. The summed E-state index contributed by atoms with van der Waals surface area (Å²) in [6, 6.07) is 6.32. The zero-order valence-electron chi connectivity index (χ0n) is 14.2. The minimum atomic E-state index is -0.315.